The molecule has 0 aliphatic rings. The highest BCUT2D eigenvalue weighted by molar-refractivity contribution is 6.04. The number of nitrogens with one attached hydrogen (secondary N) is 2. The van der Waals surface area contributed by atoms with Crippen molar-refractivity contribution in [3.05, 3.63) is 34.9 Å². The van der Waals surface area contributed by atoms with E-state index in [1.165, 1.54) is 12.1 Å². The van der Waals surface area contributed by atoms with Crippen LogP contribution in [0.3, 0.4) is 0 Å². The molecule has 21 heavy (non-hydrogen) atoms. The topological polar surface area (TPSA) is 66.9 Å². The summed E-state index contributed by atoms with van der Waals surface area (Å²) >= 11 is 0. The van der Waals surface area contributed by atoms with Gasteiger partial charge < -0.3 is 10.6 Å². The number of nitrogens with zero attached hydrogens (tertiary/aromatic N) is 2. The van der Waals surface area contributed by atoms with Crippen molar-refractivity contribution >= 4 is 16.9 Å². The molecule has 1 amide bonds. The molecule has 1 atom stereocenters. The van der Waals surface area contributed by atoms with Crippen LogP contribution >= 0.6 is 0 Å². The van der Waals surface area contributed by atoms with E-state index in [1.807, 2.05) is 20.9 Å². The van der Waals surface area contributed by atoms with Gasteiger partial charge >= 0.3 is 0 Å². The third kappa shape index (κ3) is 3.33. The summed E-state index contributed by atoms with van der Waals surface area (Å²) in [7, 11) is 1.81. The molecule has 2 N–H and O–H groups in total. The Balaban J connectivity index is 2.42. The first-order chi connectivity index (χ1) is 9.92. The van der Waals surface area contributed by atoms with E-state index >= 15 is 0 Å². The molecule has 2 rings (SSSR count). The fourth-order valence-electron chi connectivity index (χ4n) is 1.91. The summed E-state index contributed by atoms with van der Waals surface area (Å²) in [5, 5.41) is 5.79. The van der Waals surface area contributed by atoms with Gasteiger partial charge in [-0.15, -0.1) is 0 Å². The van der Waals surface area contributed by atoms with E-state index in [1.54, 1.807) is 6.92 Å². The number of carbonyl (C=O) groups excluding carboxylic acids is 1. The van der Waals surface area contributed by atoms with Crippen molar-refractivity contribution in [1.29, 1.82) is 0 Å². The molecule has 0 bridgehead atoms. The quantitative estimate of drug-likeness (QED) is 0.900. The Hall–Kier alpha value is -2.08. The molecule has 0 spiro atoms. The third-order valence-electron chi connectivity index (χ3n) is 3.45. The predicted molar refractivity (Wildman–Crippen MR) is 79.8 cm³/mol. The van der Waals surface area contributed by atoms with Gasteiger partial charge in [-0.3, -0.25) is 4.79 Å². The average Bonchev–Trinajstić information content (AvgIpc) is 2.45. The number of halogens is 1. The molecule has 0 radical (unpaired) electrons. The molecule has 0 aliphatic carbocycles. The van der Waals surface area contributed by atoms with E-state index in [0.717, 1.165) is 11.4 Å². The van der Waals surface area contributed by atoms with E-state index in [2.05, 4.69) is 20.6 Å². The van der Waals surface area contributed by atoms with Crippen LogP contribution in [0.2, 0.25) is 0 Å². The molecule has 0 saturated heterocycles. The fraction of sp³-hybridized carbons (Fsp3) is 0.400. The second-order valence-corrected chi connectivity index (χ2v) is 5.12. The number of hydrogen-bond donors (Lipinski definition) is 2. The maximum Gasteiger partial charge on any atom is 0.253 e. The Kier molecular flexibility index (Phi) is 4.47. The fourth-order valence-corrected chi connectivity index (χ4v) is 1.91. The molecule has 1 aromatic carbocycles. The van der Waals surface area contributed by atoms with Crippen molar-refractivity contribution in [2.75, 3.05) is 13.6 Å². The van der Waals surface area contributed by atoms with Gasteiger partial charge in [-0.1, -0.05) is 0 Å². The van der Waals surface area contributed by atoms with Crippen LogP contribution in [0.4, 0.5) is 4.39 Å². The van der Waals surface area contributed by atoms with E-state index in [-0.39, 0.29) is 17.5 Å². The van der Waals surface area contributed by atoms with Crippen molar-refractivity contribution < 1.29 is 9.18 Å². The van der Waals surface area contributed by atoms with E-state index in [4.69, 9.17) is 0 Å². The minimum Gasteiger partial charge on any atom is -0.350 e. The van der Waals surface area contributed by atoms with E-state index in [0.29, 0.717) is 17.6 Å². The van der Waals surface area contributed by atoms with Crippen molar-refractivity contribution in [3.8, 4) is 0 Å². The maximum atomic E-state index is 13.7. The lowest BCUT2D eigenvalue weighted by atomic mass is 10.1. The summed E-state index contributed by atoms with van der Waals surface area (Å²) in [5.41, 5.74) is 2.48. The van der Waals surface area contributed by atoms with Crippen molar-refractivity contribution in [2.24, 2.45) is 0 Å². The number of hydrogen-bond acceptors (Lipinski definition) is 4. The van der Waals surface area contributed by atoms with Gasteiger partial charge in [0.2, 0.25) is 0 Å². The van der Waals surface area contributed by atoms with Gasteiger partial charge in [0.05, 0.1) is 22.5 Å². The van der Waals surface area contributed by atoms with E-state index < -0.39 is 5.82 Å². The zero-order valence-corrected chi connectivity index (χ0v) is 12.6. The Morgan fingerprint density at radius 2 is 1.95 bits per heavy atom. The highest BCUT2D eigenvalue weighted by atomic mass is 19.1. The van der Waals surface area contributed by atoms with E-state index in [9.17, 15) is 9.18 Å². The summed E-state index contributed by atoms with van der Waals surface area (Å²) in [6.07, 6.45) is 0. The van der Waals surface area contributed by atoms with Crippen molar-refractivity contribution in [1.82, 2.24) is 20.6 Å². The van der Waals surface area contributed by atoms with Crippen LogP contribution in [-0.2, 0) is 0 Å². The van der Waals surface area contributed by atoms with Gasteiger partial charge in [0.15, 0.2) is 0 Å². The Morgan fingerprint density at radius 1 is 1.29 bits per heavy atom. The first-order valence-corrected chi connectivity index (χ1v) is 6.82. The molecule has 6 heteroatoms. The second kappa shape index (κ2) is 6.13. The van der Waals surface area contributed by atoms with Crippen LogP contribution in [-0.4, -0.2) is 35.5 Å². The summed E-state index contributed by atoms with van der Waals surface area (Å²) in [6.45, 7) is 6.01. The third-order valence-corrected chi connectivity index (χ3v) is 3.45. The minimum atomic E-state index is -0.494. The summed E-state index contributed by atoms with van der Waals surface area (Å²) in [5.74, 6) is -0.842. The number of likely N-dealkylation sites (N-methyl/N-ethyl adjacent to an activating group) is 1. The van der Waals surface area contributed by atoms with Gasteiger partial charge in [0, 0.05) is 18.7 Å². The Morgan fingerprint density at radius 3 is 2.62 bits per heavy atom. The second-order valence-electron chi connectivity index (χ2n) is 5.12. The summed E-state index contributed by atoms with van der Waals surface area (Å²) < 4.78 is 13.7. The van der Waals surface area contributed by atoms with Crippen molar-refractivity contribution in [2.45, 2.75) is 26.8 Å². The molecule has 0 aliphatic heterocycles. The molecule has 0 saturated carbocycles. The molecular weight excluding hydrogens is 271 g/mol. The number of amides is 1. The number of aryl methyl sites for hydroxylation is 2. The summed E-state index contributed by atoms with van der Waals surface area (Å²) in [6, 6.07) is 2.62. The first kappa shape index (κ1) is 15.3. The monoisotopic (exact) mass is 290 g/mol. The smallest absolute Gasteiger partial charge is 0.253 e. The van der Waals surface area contributed by atoms with Crippen LogP contribution in [0.15, 0.2) is 12.1 Å². The first-order valence-electron chi connectivity index (χ1n) is 6.82. The predicted octanol–water partition coefficient (Wildman–Crippen LogP) is 1.72. The summed E-state index contributed by atoms with van der Waals surface area (Å²) in [4.78, 5) is 20.9. The number of fused-ring (bicyclic) bond motifs is 1. The molecular formula is C15H19FN4O. The zero-order valence-electron chi connectivity index (χ0n) is 12.6. The minimum absolute atomic E-state index is 0.129. The molecule has 1 unspecified atom stereocenters. The lowest BCUT2D eigenvalue weighted by Gasteiger charge is -2.12. The zero-order chi connectivity index (χ0) is 15.6. The van der Waals surface area contributed by atoms with Crippen LogP contribution in [0.25, 0.3) is 11.0 Å². The molecule has 1 heterocycles. The van der Waals surface area contributed by atoms with Crippen LogP contribution in [0.1, 0.15) is 28.7 Å². The molecule has 1 aromatic heterocycles. The van der Waals surface area contributed by atoms with Gasteiger partial charge in [0.25, 0.3) is 5.91 Å². The maximum absolute atomic E-state index is 13.7. The van der Waals surface area contributed by atoms with Crippen molar-refractivity contribution in [3.63, 3.8) is 0 Å². The van der Waals surface area contributed by atoms with Crippen LogP contribution < -0.4 is 10.6 Å². The highest BCUT2D eigenvalue weighted by Gasteiger charge is 2.15. The lowest BCUT2D eigenvalue weighted by Crippen LogP contribution is -2.37. The normalized spacial score (nSPS) is 12.4. The standard InChI is InChI=1S/C15H19FN4O/c1-8(17-4)7-18-15(21)12-5-11(16)6-13-14(12)20-10(3)9(2)19-13/h5-6,8,17H,7H2,1-4H3,(H,18,21). The number of rotatable bonds is 4. The number of carbonyl (C=O) groups is 1. The molecule has 112 valence electrons. The Bertz CT molecular complexity index is 687. The molecule has 2 aromatic rings. The largest absolute Gasteiger partial charge is 0.350 e. The Labute approximate surface area is 123 Å². The van der Waals surface area contributed by atoms with Crippen LogP contribution in [0, 0.1) is 19.7 Å². The number of benzene rings is 1. The van der Waals surface area contributed by atoms with Gasteiger partial charge in [0.1, 0.15) is 11.3 Å². The number of aromatic nitrogens is 2. The van der Waals surface area contributed by atoms with Crippen LogP contribution in [0.5, 0.6) is 0 Å². The average molecular weight is 290 g/mol. The lowest BCUT2D eigenvalue weighted by molar-refractivity contribution is 0.0951. The SMILES string of the molecule is CNC(C)CNC(=O)c1cc(F)cc2nc(C)c(C)nc12. The molecule has 0 fully saturated rings. The molecule has 5 nitrogen and oxygen atoms in total. The highest BCUT2D eigenvalue weighted by Crippen LogP contribution is 2.19. The van der Waals surface area contributed by atoms with Gasteiger partial charge in [-0.2, -0.15) is 0 Å². The van der Waals surface area contributed by atoms with Gasteiger partial charge in [-0.25, -0.2) is 14.4 Å². The van der Waals surface area contributed by atoms with Gasteiger partial charge in [-0.05, 0) is 33.9 Å².